The molecule has 0 aliphatic heterocycles. The van der Waals surface area contributed by atoms with Gasteiger partial charge in [-0.2, -0.15) is 0 Å². The van der Waals surface area contributed by atoms with Gasteiger partial charge in [0.15, 0.2) is 11.8 Å². The van der Waals surface area contributed by atoms with Crippen LogP contribution in [0.4, 0.5) is 0 Å². The number of hydrogen-bond acceptors (Lipinski definition) is 4. The summed E-state index contributed by atoms with van der Waals surface area (Å²) < 4.78 is 1.98. The van der Waals surface area contributed by atoms with Crippen LogP contribution in [0.25, 0.3) is 0 Å². The van der Waals surface area contributed by atoms with E-state index in [-0.39, 0.29) is 36.1 Å². The molecular weight excluding hydrogens is 537 g/mol. The van der Waals surface area contributed by atoms with Gasteiger partial charge in [0, 0.05) is 13.6 Å². The highest BCUT2D eigenvalue weighted by atomic mass is 127. The third-order valence-corrected chi connectivity index (χ3v) is 6.11. The molecule has 0 aliphatic carbocycles. The summed E-state index contributed by atoms with van der Waals surface area (Å²) >= 11 is 0. The first-order chi connectivity index (χ1) is 16.0. The summed E-state index contributed by atoms with van der Waals surface area (Å²) in [5.41, 5.74) is 2.51. The highest BCUT2D eigenvalue weighted by molar-refractivity contribution is 14.0. The van der Waals surface area contributed by atoms with Gasteiger partial charge in [-0.3, -0.25) is 4.90 Å². The number of nitrogens with one attached hydrogen (secondary N) is 2. The molecule has 1 heterocycles. The van der Waals surface area contributed by atoms with Crippen molar-refractivity contribution in [3.8, 4) is 0 Å². The summed E-state index contributed by atoms with van der Waals surface area (Å²) in [4.78, 5) is 7.33. The third kappa shape index (κ3) is 7.53. The van der Waals surface area contributed by atoms with Gasteiger partial charge in [-0.25, -0.2) is 4.99 Å². The Morgan fingerprint density at radius 2 is 1.56 bits per heavy atom. The molecule has 3 aromatic rings. The standard InChI is InChI=1S/C26H37N7.HI/c1-6-33(7-2)24(23-16-12-9-13-17-23)18-27-26(28-19-25-31-30-21(4)32(25)5)29-20(3)22-14-10-8-11-15-22;/h8-17,20,24H,6-7,18-19H2,1-5H3,(H2,27,28,29);1H. The molecule has 0 bridgehead atoms. The fourth-order valence-electron chi connectivity index (χ4n) is 3.91. The maximum absolute atomic E-state index is 4.86. The number of likely N-dealkylation sites (N-methyl/N-ethyl adjacent to an activating group) is 1. The van der Waals surface area contributed by atoms with Crippen molar-refractivity contribution < 1.29 is 0 Å². The molecule has 7 nitrogen and oxygen atoms in total. The molecule has 1 aromatic heterocycles. The number of aromatic nitrogens is 3. The highest BCUT2D eigenvalue weighted by Gasteiger charge is 2.19. The zero-order valence-electron chi connectivity index (χ0n) is 20.9. The molecule has 2 unspecified atom stereocenters. The van der Waals surface area contributed by atoms with Crippen LogP contribution in [0.3, 0.4) is 0 Å². The minimum atomic E-state index is 0. The van der Waals surface area contributed by atoms with E-state index in [1.807, 2.05) is 24.6 Å². The van der Waals surface area contributed by atoms with Crippen LogP contribution >= 0.6 is 24.0 Å². The van der Waals surface area contributed by atoms with Crippen molar-refractivity contribution in [2.45, 2.75) is 46.3 Å². The Bertz CT molecular complexity index is 1000. The molecule has 0 aliphatic rings. The molecule has 2 N–H and O–H groups in total. The molecule has 2 atom stereocenters. The van der Waals surface area contributed by atoms with Gasteiger partial charge in [0.25, 0.3) is 0 Å². The topological polar surface area (TPSA) is 70.4 Å². The smallest absolute Gasteiger partial charge is 0.192 e. The van der Waals surface area contributed by atoms with E-state index in [0.29, 0.717) is 6.54 Å². The van der Waals surface area contributed by atoms with Gasteiger partial charge < -0.3 is 15.2 Å². The van der Waals surface area contributed by atoms with E-state index >= 15 is 0 Å². The number of guanidine groups is 1. The molecule has 8 heteroatoms. The molecule has 184 valence electrons. The van der Waals surface area contributed by atoms with Crippen LogP contribution in [0.5, 0.6) is 0 Å². The van der Waals surface area contributed by atoms with Crippen LogP contribution in [0, 0.1) is 6.92 Å². The lowest BCUT2D eigenvalue weighted by atomic mass is 10.1. The number of aliphatic imine (C=N–C) groups is 1. The molecule has 0 fully saturated rings. The van der Waals surface area contributed by atoms with Gasteiger partial charge in [-0.15, -0.1) is 34.2 Å². The Morgan fingerprint density at radius 3 is 2.09 bits per heavy atom. The lowest BCUT2D eigenvalue weighted by Crippen LogP contribution is -2.44. The predicted octanol–water partition coefficient (Wildman–Crippen LogP) is 4.62. The zero-order valence-corrected chi connectivity index (χ0v) is 23.2. The number of aryl methyl sites for hydroxylation is 1. The van der Waals surface area contributed by atoms with Crippen molar-refractivity contribution in [3.63, 3.8) is 0 Å². The largest absolute Gasteiger partial charge is 0.354 e. The first kappa shape index (κ1) is 27.8. The Kier molecular flexibility index (Phi) is 11.5. The number of nitrogens with zero attached hydrogens (tertiary/aromatic N) is 5. The fraction of sp³-hybridized carbons (Fsp3) is 0.423. The Labute approximate surface area is 221 Å². The maximum Gasteiger partial charge on any atom is 0.192 e. The summed E-state index contributed by atoms with van der Waals surface area (Å²) in [6.45, 7) is 11.7. The van der Waals surface area contributed by atoms with Gasteiger partial charge in [0.2, 0.25) is 0 Å². The van der Waals surface area contributed by atoms with Crippen LogP contribution in [-0.2, 0) is 13.6 Å². The van der Waals surface area contributed by atoms with Crippen molar-refractivity contribution in [1.82, 2.24) is 30.3 Å². The number of hydrogen-bond donors (Lipinski definition) is 2. The van der Waals surface area contributed by atoms with Crippen LogP contribution in [0.2, 0.25) is 0 Å². The molecule has 0 spiro atoms. The quantitative estimate of drug-likeness (QED) is 0.210. The third-order valence-electron chi connectivity index (χ3n) is 6.11. The molecule has 0 radical (unpaired) electrons. The van der Waals surface area contributed by atoms with Gasteiger partial charge in [0.1, 0.15) is 12.4 Å². The van der Waals surface area contributed by atoms with Gasteiger partial charge >= 0.3 is 0 Å². The number of rotatable bonds is 10. The fourth-order valence-corrected chi connectivity index (χ4v) is 3.91. The van der Waals surface area contributed by atoms with Crippen LogP contribution in [0.1, 0.15) is 55.6 Å². The van der Waals surface area contributed by atoms with Gasteiger partial charge in [-0.05, 0) is 38.1 Å². The first-order valence-corrected chi connectivity index (χ1v) is 11.8. The molecule has 0 saturated heterocycles. The van der Waals surface area contributed by atoms with Crippen LogP contribution < -0.4 is 10.6 Å². The minimum Gasteiger partial charge on any atom is -0.354 e. The van der Waals surface area contributed by atoms with E-state index in [9.17, 15) is 0 Å². The Morgan fingerprint density at radius 1 is 0.971 bits per heavy atom. The lowest BCUT2D eigenvalue weighted by molar-refractivity contribution is 0.219. The lowest BCUT2D eigenvalue weighted by Gasteiger charge is -2.31. The average Bonchev–Trinajstić information content (AvgIpc) is 3.18. The van der Waals surface area contributed by atoms with E-state index in [0.717, 1.165) is 37.2 Å². The van der Waals surface area contributed by atoms with E-state index in [4.69, 9.17) is 4.99 Å². The van der Waals surface area contributed by atoms with E-state index in [1.165, 1.54) is 11.1 Å². The summed E-state index contributed by atoms with van der Waals surface area (Å²) in [6, 6.07) is 21.4. The molecule has 0 saturated carbocycles. The van der Waals surface area contributed by atoms with Crippen LogP contribution in [0.15, 0.2) is 65.7 Å². The molecular formula is C26H38IN7. The summed E-state index contributed by atoms with van der Waals surface area (Å²) in [7, 11) is 1.97. The van der Waals surface area contributed by atoms with Crippen molar-refractivity contribution in [2.24, 2.45) is 12.0 Å². The van der Waals surface area contributed by atoms with Gasteiger partial charge in [0.05, 0.1) is 12.1 Å². The molecule has 2 aromatic carbocycles. The van der Waals surface area contributed by atoms with Gasteiger partial charge in [-0.1, -0.05) is 74.5 Å². The Hall–Kier alpha value is -2.46. The average molecular weight is 576 g/mol. The summed E-state index contributed by atoms with van der Waals surface area (Å²) in [6.07, 6.45) is 0. The SMILES string of the molecule is CCN(CC)C(CNC(=NCc1nnc(C)n1C)NC(C)c1ccccc1)c1ccccc1.I. The molecule has 3 rings (SSSR count). The summed E-state index contributed by atoms with van der Waals surface area (Å²) in [5, 5.41) is 15.6. The maximum atomic E-state index is 4.86. The second kappa shape index (κ2) is 14.1. The van der Waals surface area contributed by atoms with Crippen molar-refractivity contribution >= 4 is 29.9 Å². The molecule has 0 amide bonds. The normalized spacial score (nSPS) is 13.3. The number of benzene rings is 2. The summed E-state index contributed by atoms with van der Waals surface area (Å²) in [5.74, 6) is 2.48. The first-order valence-electron chi connectivity index (χ1n) is 11.8. The van der Waals surface area contributed by atoms with Crippen LogP contribution in [-0.4, -0.2) is 45.3 Å². The van der Waals surface area contributed by atoms with Crippen molar-refractivity contribution in [1.29, 1.82) is 0 Å². The van der Waals surface area contributed by atoms with E-state index in [2.05, 4.69) is 101 Å². The van der Waals surface area contributed by atoms with E-state index in [1.54, 1.807) is 0 Å². The second-order valence-electron chi connectivity index (χ2n) is 8.19. The van der Waals surface area contributed by atoms with Crippen molar-refractivity contribution in [3.05, 3.63) is 83.4 Å². The zero-order chi connectivity index (χ0) is 23.6. The molecule has 34 heavy (non-hydrogen) atoms. The van der Waals surface area contributed by atoms with E-state index < -0.39 is 0 Å². The highest BCUT2D eigenvalue weighted by Crippen LogP contribution is 2.19. The number of halogens is 1. The minimum absolute atomic E-state index is 0. The predicted molar refractivity (Wildman–Crippen MR) is 150 cm³/mol. The van der Waals surface area contributed by atoms with Crippen molar-refractivity contribution in [2.75, 3.05) is 19.6 Å². The second-order valence-corrected chi connectivity index (χ2v) is 8.19. The monoisotopic (exact) mass is 575 g/mol. The Balaban J connectivity index is 0.00000408.